The molecule has 0 N–H and O–H groups in total. The average molecular weight is 785 g/mol. The van der Waals surface area contributed by atoms with Crippen molar-refractivity contribution in [1.29, 1.82) is 0 Å². The summed E-state index contributed by atoms with van der Waals surface area (Å²) in [6.45, 7) is 7.68. The molecule has 0 aromatic rings. The molecule has 0 spiro atoms. The number of rotatable bonds is 44. The number of carbonyl (C=O) groups is 2. The number of esters is 2. The molecule has 1 atom stereocenters. The van der Waals surface area contributed by atoms with Crippen LogP contribution in [0.15, 0.2) is 48.6 Å². The quantitative estimate of drug-likeness (QED) is 0.0350. The Morgan fingerprint density at radius 1 is 0.411 bits per heavy atom. The van der Waals surface area contributed by atoms with Gasteiger partial charge >= 0.3 is 11.9 Å². The molecule has 1 unspecified atom stereocenters. The van der Waals surface area contributed by atoms with Crippen molar-refractivity contribution in [2.45, 2.75) is 245 Å². The summed E-state index contributed by atoms with van der Waals surface area (Å²) in [6, 6.07) is 0. The Labute approximate surface area is 348 Å². The van der Waals surface area contributed by atoms with Crippen molar-refractivity contribution in [2.24, 2.45) is 0 Å². The summed E-state index contributed by atoms with van der Waals surface area (Å²) in [6.07, 6.45) is 56.9. The standard InChI is InChI=1S/C51H92O5/c1-4-7-10-13-16-19-21-23-25-27-29-31-34-37-40-43-46-54-47-49(56-51(53)45-42-39-36-32-18-15-12-9-6-3)48-55-50(52)44-41-38-35-33-30-28-26-24-22-20-17-14-11-8-5-2/h8,11,17,20,24,26,30,33,49H,4-7,9-10,12-16,18-19,21-23,25,27-29,31-32,34-48H2,1-3H3/b11-8-,20-17-,26-24-,33-30-. The Kier molecular flexibility index (Phi) is 45.4. The molecule has 56 heavy (non-hydrogen) atoms. The fourth-order valence-corrected chi connectivity index (χ4v) is 6.80. The largest absolute Gasteiger partial charge is 0.462 e. The van der Waals surface area contributed by atoms with Crippen LogP contribution >= 0.6 is 0 Å². The third-order valence-corrected chi connectivity index (χ3v) is 10.4. The van der Waals surface area contributed by atoms with Gasteiger partial charge in [0.25, 0.3) is 0 Å². The molecule has 0 aliphatic heterocycles. The monoisotopic (exact) mass is 785 g/mol. The van der Waals surface area contributed by atoms with Gasteiger partial charge in [-0.2, -0.15) is 0 Å². The van der Waals surface area contributed by atoms with E-state index in [1.807, 2.05) is 0 Å². The summed E-state index contributed by atoms with van der Waals surface area (Å²) in [7, 11) is 0. The molecular formula is C51H92O5. The van der Waals surface area contributed by atoms with Crippen LogP contribution in [0.4, 0.5) is 0 Å². The summed E-state index contributed by atoms with van der Waals surface area (Å²) in [5, 5.41) is 0. The molecule has 326 valence electrons. The number of allylic oxidation sites excluding steroid dienone is 8. The average Bonchev–Trinajstić information content (AvgIpc) is 3.20. The first-order chi connectivity index (χ1) is 27.6. The number of hydrogen-bond acceptors (Lipinski definition) is 5. The lowest BCUT2D eigenvalue weighted by molar-refractivity contribution is -0.163. The summed E-state index contributed by atoms with van der Waals surface area (Å²) >= 11 is 0. The van der Waals surface area contributed by atoms with Gasteiger partial charge in [-0.25, -0.2) is 0 Å². The highest BCUT2D eigenvalue weighted by Gasteiger charge is 2.17. The van der Waals surface area contributed by atoms with Gasteiger partial charge in [0, 0.05) is 19.4 Å². The molecule has 0 rings (SSSR count). The molecule has 0 amide bonds. The maximum absolute atomic E-state index is 12.7. The first-order valence-corrected chi connectivity index (χ1v) is 24.2. The van der Waals surface area contributed by atoms with Crippen molar-refractivity contribution < 1.29 is 23.8 Å². The Morgan fingerprint density at radius 2 is 0.804 bits per heavy atom. The zero-order chi connectivity index (χ0) is 40.7. The van der Waals surface area contributed by atoms with E-state index in [4.69, 9.17) is 14.2 Å². The Hall–Kier alpha value is -2.14. The van der Waals surface area contributed by atoms with Crippen LogP contribution in [0, 0.1) is 0 Å². The molecule has 0 saturated heterocycles. The van der Waals surface area contributed by atoms with E-state index in [0.717, 1.165) is 70.6 Å². The number of ether oxygens (including phenoxy) is 3. The minimum Gasteiger partial charge on any atom is -0.462 e. The molecule has 0 bridgehead atoms. The number of unbranched alkanes of at least 4 members (excludes halogenated alkanes) is 25. The van der Waals surface area contributed by atoms with Gasteiger partial charge in [0.1, 0.15) is 6.61 Å². The second kappa shape index (κ2) is 47.2. The van der Waals surface area contributed by atoms with Gasteiger partial charge in [-0.1, -0.05) is 217 Å². The van der Waals surface area contributed by atoms with Crippen LogP contribution in [0.2, 0.25) is 0 Å². The predicted octanol–water partition coefficient (Wildman–Crippen LogP) is 16.0. The zero-order valence-electron chi connectivity index (χ0n) is 37.4. The lowest BCUT2D eigenvalue weighted by Gasteiger charge is -2.18. The minimum absolute atomic E-state index is 0.0676. The van der Waals surface area contributed by atoms with Crippen LogP contribution in [0.25, 0.3) is 0 Å². The minimum atomic E-state index is -0.546. The highest BCUT2D eigenvalue weighted by atomic mass is 16.6. The second-order valence-corrected chi connectivity index (χ2v) is 16.0. The van der Waals surface area contributed by atoms with Crippen molar-refractivity contribution in [3.63, 3.8) is 0 Å². The van der Waals surface area contributed by atoms with E-state index in [0.29, 0.717) is 19.4 Å². The number of hydrogen-bond donors (Lipinski definition) is 0. The highest BCUT2D eigenvalue weighted by Crippen LogP contribution is 2.15. The molecular weight excluding hydrogens is 693 g/mol. The highest BCUT2D eigenvalue weighted by molar-refractivity contribution is 5.70. The van der Waals surface area contributed by atoms with Gasteiger partial charge in [-0.3, -0.25) is 9.59 Å². The molecule has 0 aliphatic carbocycles. The van der Waals surface area contributed by atoms with Gasteiger partial charge in [-0.15, -0.1) is 0 Å². The molecule has 0 radical (unpaired) electrons. The van der Waals surface area contributed by atoms with E-state index in [1.54, 1.807) is 0 Å². The van der Waals surface area contributed by atoms with Crippen molar-refractivity contribution in [2.75, 3.05) is 19.8 Å². The second-order valence-electron chi connectivity index (χ2n) is 16.0. The van der Waals surface area contributed by atoms with Crippen LogP contribution in [0.5, 0.6) is 0 Å². The normalized spacial score (nSPS) is 12.6. The van der Waals surface area contributed by atoms with Gasteiger partial charge in [-0.05, 0) is 57.8 Å². The SMILES string of the molecule is CC/C=C\C/C=C\C/C=C\C/C=C\CCCCC(=O)OCC(COCCCCCCCCCCCCCCCCCC)OC(=O)CCCCCCCCCCC. The molecule has 0 aromatic heterocycles. The molecule has 0 aromatic carbocycles. The summed E-state index contributed by atoms with van der Waals surface area (Å²) < 4.78 is 17.3. The van der Waals surface area contributed by atoms with Crippen LogP contribution in [-0.4, -0.2) is 37.9 Å². The maximum atomic E-state index is 12.7. The molecule has 5 nitrogen and oxygen atoms in total. The fraction of sp³-hybridized carbons (Fsp3) is 0.804. The lowest BCUT2D eigenvalue weighted by Crippen LogP contribution is -2.30. The van der Waals surface area contributed by atoms with Crippen molar-refractivity contribution in [3.8, 4) is 0 Å². The molecule has 0 fully saturated rings. The van der Waals surface area contributed by atoms with Crippen LogP contribution in [0.1, 0.15) is 239 Å². The lowest BCUT2D eigenvalue weighted by atomic mass is 10.0. The van der Waals surface area contributed by atoms with E-state index < -0.39 is 6.10 Å². The summed E-state index contributed by atoms with van der Waals surface area (Å²) in [4.78, 5) is 25.2. The van der Waals surface area contributed by atoms with E-state index in [-0.39, 0.29) is 25.2 Å². The topological polar surface area (TPSA) is 61.8 Å². The van der Waals surface area contributed by atoms with E-state index in [9.17, 15) is 9.59 Å². The summed E-state index contributed by atoms with van der Waals surface area (Å²) in [5.74, 6) is -0.439. The Bertz CT molecular complexity index is 935. The van der Waals surface area contributed by atoms with Crippen molar-refractivity contribution in [1.82, 2.24) is 0 Å². The molecule has 0 aliphatic rings. The Morgan fingerprint density at radius 3 is 1.29 bits per heavy atom. The molecule has 0 heterocycles. The number of carbonyl (C=O) groups excluding carboxylic acids is 2. The molecule has 5 heteroatoms. The predicted molar refractivity (Wildman–Crippen MR) is 242 cm³/mol. The van der Waals surface area contributed by atoms with Gasteiger partial charge in [0.15, 0.2) is 6.10 Å². The third-order valence-electron chi connectivity index (χ3n) is 10.4. The van der Waals surface area contributed by atoms with Gasteiger partial charge in [0.2, 0.25) is 0 Å². The van der Waals surface area contributed by atoms with Gasteiger partial charge < -0.3 is 14.2 Å². The third kappa shape index (κ3) is 44.6. The van der Waals surface area contributed by atoms with Crippen molar-refractivity contribution >= 4 is 11.9 Å². The molecule has 0 saturated carbocycles. The van der Waals surface area contributed by atoms with Crippen LogP contribution in [-0.2, 0) is 23.8 Å². The van der Waals surface area contributed by atoms with E-state index >= 15 is 0 Å². The summed E-state index contributed by atoms with van der Waals surface area (Å²) in [5.41, 5.74) is 0. The van der Waals surface area contributed by atoms with Gasteiger partial charge in [0.05, 0.1) is 6.61 Å². The van der Waals surface area contributed by atoms with E-state index in [1.165, 1.54) is 135 Å². The Balaban J connectivity index is 4.24. The van der Waals surface area contributed by atoms with Crippen LogP contribution in [0.3, 0.4) is 0 Å². The smallest absolute Gasteiger partial charge is 0.306 e. The zero-order valence-corrected chi connectivity index (χ0v) is 37.4. The first-order valence-electron chi connectivity index (χ1n) is 24.2. The van der Waals surface area contributed by atoms with Crippen molar-refractivity contribution in [3.05, 3.63) is 48.6 Å². The maximum Gasteiger partial charge on any atom is 0.306 e. The van der Waals surface area contributed by atoms with E-state index in [2.05, 4.69) is 69.4 Å². The first kappa shape index (κ1) is 53.9. The fourth-order valence-electron chi connectivity index (χ4n) is 6.80. The van der Waals surface area contributed by atoms with Crippen LogP contribution < -0.4 is 0 Å².